The molecule has 1 aromatic heterocycles. The topological polar surface area (TPSA) is 201 Å². The van der Waals surface area contributed by atoms with Crippen LogP contribution >= 0.6 is 0 Å². The van der Waals surface area contributed by atoms with Crippen molar-refractivity contribution in [3.63, 3.8) is 0 Å². The average molecular weight is 579 g/mol. The van der Waals surface area contributed by atoms with E-state index in [0.717, 1.165) is 0 Å². The normalized spacial score (nSPS) is 12.9. The van der Waals surface area contributed by atoms with Gasteiger partial charge in [-0.1, -0.05) is 6.42 Å². The molecule has 0 spiro atoms. The zero-order valence-electron chi connectivity index (χ0n) is 20.9. The van der Waals surface area contributed by atoms with Gasteiger partial charge in [0.25, 0.3) is 20.2 Å². The molecular weight excluding hydrogens is 552 g/mol. The number of imidazole rings is 1. The minimum Gasteiger partial charge on any atom is -0.481 e. The Morgan fingerprint density at radius 3 is 2.38 bits per heavy atom. The summed E-state index contributed by atoms with van der Waals surface area (Å²) in [5.41, 5.74) is 0.754. The number of unbranched alkanes of at least 4 members (excludes halogenated alkanes) is 2. The summed E-state index contributed by atoms with van der Waals surface area (Å²) in [4.78, 5) is 18.3. The van der Waals surface area contributed by atoms with E-state index in [2.05, 4.69) is 15.3 Å². The molecule has 4 N–H and O–H groups in total. The van der Waals surface area contributed by atoms with Crippen molar-refractivity contribution in [3.8, 4) is 22.7 Å². The Kier molecular flexibility index (Phi) is 7.79. The van der Waals surface area contributed by atoms with Crippen molar-refractivity contribution in [2.45, 2.75) is 42.0 Å². The maximum Gasteiger partial charge on any atom is 0.303 e. The van der Waals surface area contributed by atoms with E-state index in [0.29, 0.717) is 37.2 Å². The van der Waals surface area contributed by atoms with Crippen LogP contribution in [0.5, 0.6) is 0 Å². The van der Waals surface area contributed by atoms with Crippen LogP contribution in [0.3, 0.4) is 0 Å². The molecule has 0 saturated heterocycles. The number of nitrogens with zero attached hydrogens (tertiary/aromatic N) is 3. The van der Waals surface area contributed by atoms with E-state index in [4.69, 9.17) is 9.52 Å². The van der Waals surface area contributed by atoms with E-state index < -0.39 is 36.0 Å². The number of hydrogen-bond acceptors (Lipinski definition) is 9. The van der Waals surface area contributed by atoms with Crippen LogP contribution in [0.15, 0.2) is 55.9 Å². The predicted molar refractivity (Wildman–Crippen MR) is 141 cm³/mol. The zero-order valence-corrected chi connectivity index (χ0v) is 22.6. The number of fused-ring (bicyclic) bond motifs is 2. The fourth-order valence-corrected chi connectivity index (χ4v) is 5.80. The Balaban J connectivity index is 2.05. The van der Waals surface area contributed by atoms with E-state index in [1.165, 1.54) is 44.6 Å². The Labute approximate surface area is 223 Å². The number of benzene rings is 2. The summed E-state index contributed by atoms with van der Waals surface area (Å²) in [7, 11) is -6.57. The van der Waals surface area contributed by atoms with Gasteiger partial charge in [0.05, 0.1) is 11.0 Å². The fraction of sp³-hybridized carbons (Fsp3) is 0.292. The number of aliphatic carboxylic acids is 1. The molecule has 0 saturated carbocycles. The second-order valence-corrected chi connectivity index (χ2v) is 11.5. The summed E-state index contributed by atoms with van der Waals surface area (Å²) in [5, 5.41) is 11.7. The van der Waals surface area contributed by atoms with Gasteiger partial charge in [-0.25, -0.2) is 4.98 Å². The highest BCUT2D eigenvalue weighted by molar-refractivity contribution is 7.86. The predicted octanol–water partition coefficient (Wildman–Crippen LogP) is 3.11. The molecule has 2 aliphatic rings. The van der Waals surface area contributed by atoms with Crippen LogP contribution in [-0.4, -0.2) is 60.7 Å². The first-order valence-electron chi connectivity index (χ1n) is 11.7. The Bertz CT molecular complexity index is 1820. The largest absolute Gasteiger partial charge is 0.481 e. The highest BCUT2D eigenvalue weighted by Crippen LogP contribution is 2.42. The van der Waals surface area contributed by atoms with Crippen molar-refractivity contribution >= 4 is 42.9 Å². The monoisotopic (exact) mass is 578 g/mol. The quantitative estimate of drug-likeness (QED) is 0.122. The number of nitrogens with one attached hydrogen (secondary N) is 1. The molecule has 0 atom stereocenters. The average Bonchev–Trinajstić information content (AvgIpc) is 3.32. The van der Waals surface area contributed by atoms with Crippen molar-refractivity contribution in [1.82, 2.24) is 9.55 Å². The molecule has 0 radical (unpaired) electrons. The Morgan fingerprint density at radius 2 is 1.77 bits per heavy atom. The molecule has 208 valence electrons. The van der Waals surface area contributed by atoms with Gasteiger partial charge in [0.1, 0.15) is 27.0 Å². The number of carboxylic acid groups (broad SMARTS) is 1. The maximum atomic E-state index is 12.2. The molecule has 2 aromatic rings. The third-order valence-electron chi connectivity index (χ3n) is 6.20. The minimum atomic E-state index is -4.71. The number of carbonyl (C=O) groups is 1. The zero-order chi connectivity index (χ0) is 28.5. The van der Waals surface area contributed by atoms with Crippen molar-refractivity contribution < 1.29 is 40.3 Å². The molecule has 0 fully saturated rings. The molecule has 1 aromatic carbocycles. The van der Waals surface area contributed by atoms with Gasteiger partial charge in [0.2, 0.25) is 0 Å². The number of carboxylic acids is 1. The van der Waals surface area contributed by atoms with E-state index in [9.17, 15) is 30.7 Å². The SMILES string of the molecule is CN=c1cc2oc3cc(NC)c(S(=O)(=O)O)cc3c(-c3nccn3CCCCCC(=O)O)c-2cc1S(=O)(=O)O. The third-order valence-corrected chi connectivity index (χ3v) is 7.97. The summed E-state index contributed by atoms with van der Waals surface area (Å²) in [5.74, 6) is -0.365. The molecule has 2 heterocycles. The third kappa shape index (κ3) is 5.80. The molecule has 4 rings (SSSR count). The summed E-state index contributed by atoms with van der Waals surface area (Å²) in [6.45, 7) is 0.428. The number of hydrogen-bond donors (Lipinski definition) is 4. The van der Waals surface area contributed by atoms with Crippen molar-refractivity contribution in [2.24, 2.45) is 4.99 Å². The van der Waals surface area contributed by atoms with Crippen LogP contribution in [0, 0.1) is 0 Å². The molecule has 1 aliphatic heterocycles. The lowest BCUT2D eigenvalue weighted by Gasteiger charge is -2.18. The van der Waals surface area contributed by atoms with Crippen molar-refractivity contribution in [2.75, 3.05) is 19.4 Å². The Morgan fingerprint density at radius 1 is 1.05 bits per heavy atom. The van der Waals surface area contributed by atoms with E-state index in [1.807, 2.05) is 0 Å². The molecular formula is C24H26N4O9S2. The molecule has 0 amide bonds. The van der Waals surface area contributed by atoms with Gasteiger partial charge in [-0.3, -0.25) is 18.9 Å². The van der Waals surface area contributed by atoms with Crippen molar-refractivity contribution in [3.05, 3.63) is 42.0 Å². The summed E-state index contributed by atoms with van der Waals surface area (Å²) < 4.78 is 76.3. The lowest BCUT2D eigenvalue weighted by molar-refractivity contribution is -0.137. The van der Waals surface area contributed by atoms with Gasteiger partial charge in [-0.15, -0.1) is 0 Å². The molecule has 0 bridgehead atoms. The summed E-state index contributed by atoms with van der Waals surface area (Å²) in [6.07, 6.45) is 4.96. The second-order valence-electron chi connectivity index (χ2n) is 8.71. The van der Waals surface area contributed by atoms with E-state index in [1.54, 1.807) is 10.8 Å². The number of aryl methyl sites for hydroxylation is 1. The lowest BCUT2D eigenvalue weighted by atomic mass is 9.98. The Hall–Kier alpha value is -3.79. The first-order valence-corrected chi connectivity index (χ1v) is 14.6. The van der Waals surface area contributed by atoms with E-state index in [-0.39, 0.29) is 39.8 Å². The first kappa shape index (κ1) is 28.2. The van der Waals surface area contributed by atoms with Gasteiger partial charge in [0, 0.05) is 68.1 Å². The fourth-order valence-electron chi connectivity index (χ4n) is 4.42. The van der Waals surface area contributed by atoms with Crippen LogP contribution in [0.1, 0.15) is 25.7 Å². The second kappa shape index (κ2) is 10.8. The van der Waals surface area contributed by atoms with Crippen LogP contribution in [-0.2, 0) is 31.6 Å². The lowest BCUT2D eigenvalue weighted by Crippen LogP contribution is -2.16. The van der Waals surface area contributed by atoms with Gasteiger partial charge < -0.3 is 19.4 Å². The highest BCUT2D eigenvalue weighted by Gasteiger charge is 2.27. The van der Waals surface area contributed by atoms with Gasteiger partial charge in [0.15, 0.2) is 0 Å². The molecule has 13 nitrogen and oxygen atoms in total. The summed E-state index contributed by atoms with van der Waals surface area (Å²) in [6, 6.07) is 5.11. The minimum absolute atomic E-state index is 0.0433. The standard InChI is InChI=1S/C24H26N4O9S2/c1-25-16-12-18-14(10-20(16)38(31,32)33)23(24-27-7-9-28(24)8-5-3-4-6-22(29)30)15-11-21(39(34,35)36)17(26-2)13-19(15)37-18/h7,9-13,25H,3-6,8H2,1-2H3,(H,29,30)(H,31,32,33)(H,34,35,36). The number of aromatic nitrogens is 2. The number of anilines is 1. The molecule has 39 heavy (non-hydrogen) atoms. The van der Waals surface area contributed by atoms with Gasteiger partial charge in [-0.2, -0.15) is 16.8 Å². The molecule has 15 heteroatoms. The molecule has 0 unspecified atom stereocenters. The maximum absolute atomic E-state index is 12.2. The molecule has 1 aliphatic carbocycles. The summed E-state index contributed by atoms with van der Waals surface area (Å²) >= 11 is 0. The van der Waals surface area contributed by atoms with Crippen LogP contribution < -0.4 is 10.7 Å². The first-order chi connectivity index (χ1) is 18.3. The van der Waals surface area contributed by atoms with Crippen LogP contribution in [0.4, 0.5) is 5.69 Å². The smallest absolute Gasteiger partial charge is 0.303 e. The van der Waals surface area contributed by atoms with Crippen molar-refractivity contribution in [1.29, 1.82) is 0 Å². The number of rotatable bonds is 10. The van der Waals surface area contributed by atoms with E-state index >= 15 is 0 Å². The highest BCUT2D eigenvalue weighted by atomic mass is 32.2. The van der Waals surface area contributed by atoms with Crippen LogP contribution in [0.2, 0.25) is 0 Å². The van der Waals surface area contributed by atoms with Crippen LogP contribution in [0.25, 0.3) is 33.7 Å². The van der Waals surface area contributed by atoms with Gasteiger partial charge in [-0.05, 0) is 25.0 Å². The van der Waals surface area contributed by atoms with Gasteiger partial charge >= 0.3 is 5.97 Å².